The number of nitrogens with zero attached hydrogens (tertiary/aromatic N) is 1. The topological polar surface area (TPSA) is 78.9 Å². The Balaban J connectivity index is 2.06. The number of carbonyl (C=O) groups is 2. The van der Waals surface area contributed by atoms with Crippen LogP contribution in [0.25, 0.3) is 0 Å². The van der Waals surface area contributed by atoms with Crippen LogP contribution >= 0.6 is 0 Å². The summed E-state index contributed by atoms with van der Waals surface area (Å²) in [7, 11) is 1.25. The van der Waals surface area contributed by atoms with Crippen molar-refractivity contribution >= 4 is 12.0 Å². The van der Waals surface area contributed by atoms with Crippen molar-refractivity contribution in [1.29, 1.82) is 0 Å². The third kappa shape index (κ3) is 2.81. The molecule has 1 atom stereocenters. The molecule has 6 nitrogen and oxygen atoms in total. The number of aromatic hydroxyl groups is 1. The summed E-state index contributed by atoms with van der Waals surface area (Å²) in [6.45, 7) is 0.628. The first-order valence-corrected chi connectivity index (χ1v) is 6.14. The number of hydrogen-bond donors (Lipinski definition) is 2. The van der Waals surface area contributed by atoms with Gasteiger partial charge in [0.15, 0.2) is 0 Å². The Morgan fingerprint density at radius 2 is 2.25 bits per heavy atom. The summed E-state index contributed by atoms with van der Waals surface area (Å²) < 4.78 is 18.1. The second kappa shape index (κ2) is 5.77. The van der Waals surface area contributed by atoms with Crippen molar-refractivity contribution in [3.05, 3.63) is 29.6 Å². The minimum Gasteiger partial charge on any atom is -0.507 e. The lowest BCUT2D eigenvalue weighted by atomic mass is 10.1. The monoisotopic (exact) mass is 282 g/mol. The molecule has 1 heterocycles. The van der Waals surface area contributed by atoms with E-state index < -0.39 is 17.8 Å². The lowest BCUT2D eigenvalue weighted by Crippen LogP contribution is -2.38. The number of alkyl carbamates (subject to hydrolysis) is 1. The molecule has 0 radical (unpaired) electrons. The highest BCUT2D eigenvalue weighted by Crippen LogP contribution is 2.23. The molecule has 1 aliphatic heterocycles. The summed E-state index contributed by atoms with van der Waals surface area (Å²) in [4.78, 5) is 24.6. The fourth-order valence-corrected chi connectivity index (χ4v) is 2.17. The Morgan fingerprint density at radius 1 is 1.50 bits per heavy atom. The minimum absolute atomic E-state index is 0.236. The lowest BCUT2D eigenvalue weighted by molar-refractivity contribution is 0.0780. The van der Waals surface area contributed by atoms with Gasteiger partial charge in [0, 0.05) is 13.1 Å². The van der Waals surface area contributed by atoms with Gasteiger partial charge in [-0.15, -0.1) is 0 Å². The second-order valence-corrected chi connectivity index (χ2v) is 4.51. The van der Waals surface area contributed by atoms with Crippen LogP contribution in [0.15, 0.2) is 18.2 Å². The molecular weight excluding hydrogens is 267 g/mol. The number of phenols is 1. The maximum atomic E-state index is 13.6. The highest BCUT2D eigenvalue weighted by atomic mass is 19.1. The molecule has 1 fully saturated rings. The van der Waals surface area contributed by atoms with Gasteiger partial charge < -0.3 is 20.1 Å². The minimum atomic E-state index is -0.764. The van der Waals surface area contributed by atoms with Crippen molar-refractivity contribution in [3.8, 4) is 5.75 Å². The first-order valence-electron chi connectivity index (χ1n) is 6.14. The van der Waals surface area contributed by atoms with Crippen LogP contribution < -0.4 is 5.32 Å². The van der Waals surface area contributed by atoms with Gasteiger partial charge in [-0.3, -0.25) is 4.79 Å². The van der Waals surface area contributed by atoms with Crippen molar-refractivity contribution in [2.75, 3.05) is 20.2 Å². The molecule has 108 valence electrons. The molecule has 0 aliphatic carbocycles. The van der Waals surface area contributed by atoms with Gasteiger partial charge in [-0.1, -0.05) is 6.07 Å². The SMILES string of the molecule is COC(=O)NC1CCN(C(=O)c2c(O)cccc2F)C1. The molecule has 2 N–H and O–H groups in total. The van der Waals surface area contributed by atoms with Crippen molar-refractivity contribution in [3.63, 3.8) is 0 Å². The first-order chi connectivity index (χ1) is 9.52. The van der Waals surface area contributed by atoms with E-state index >= 15 is 0 Å². The Bertz CT molecular complexity index is 515. The molecule has 20 heavy (non-hydrogen) atoms. The Kier molecular flexibility index (Phi) is 4.07. The molecule has 1 saturated heterocycles. The number of hydrogen-bond acceptors (Lipinski definition) is 4. The third-order valence-corrected chi connectivity index (χ3v) is 3.19. The average Bonchev–Trinajstić information content (AvgIpc) is 2.86. The number of rotatable bonds is 2. The summed E-state index contributed by atoms with van der Waals surface area (Å²) in [5.74, 6) is -1.74. The van der Waals surface area contributed by atoms with E-state index in [0.29, 0.717) is 13.0 Å². The molecule has 2 amide bonds. The van der Waals surface area contributed by atoms with E-state index in [0.717, 1.165) is 6.07 Å². The molecule has 1 aromatic rings. The smallest absolute Gasteiger partial charge is 0.407 e. The summed E-state index contributed by atoms with van der Waals surface area (Å²) in [6, 6.07) is 3.47. The fraction of sp³-hybridized carbons (Fsp3) is 0.385. The Labute approximate surface area is 115 Å². The summed E-state index contributed by atoms with van der Waals surface area (Å²) >= 11 is 0. The van der Waals surface area contributed by atoms with Crippen molar-refractivity contribution in [1.82, 2.24) is 10.2 Å². The van der Waals surface area contributed by atoms with Crippen LogP contribution in [0.3, 0.4) is 0 Å². The number of carbonyl (C=O) groups excluding carboxylic acids is 2. The van der Waals surface area contributed by atoms with Gasteiger partial charge in [0.1, 0.15) is 17.1 Å². The molecule has 0 spiro atoms. The Hall–Kier alpha value is -2.31. The van der Waals surface area contributed by atoms with Crippen LogP contribution in [0.4, 0.5) is 9.18 Å². The third-order valence-electron chi connectivity index (χ3n) is 3.19. The van der Waals surface area contributed by atoms with Crippen molar-refractivity contribution in [2.24, 2.45) is 0 Å². The van der Waals surface area contributed by atoms with Gasteiger partial charge in [-0.05, 0) is 18.6 Å². The van der Waals surface area contributed by atoms with E-state index in [9.17, 15) is 19.1 Å². The quantitative estimate of drug-likeness (QED) is 0.851. The molecule has 0 saturated carbocycles. The first kappa shape index (κ1) is 14.1. The normalized spacial score (nSPS) is 17.9. The standard InChI is InChI=1S/C13H15FN2O4/c1-20-13(19)15-8-5-6-16(7-8)12(18)11-9(14)3-2-4-10(11)17/h2-4,8,17H,5-7H2,1H3,(H,15,19). The predicted octanol–water partition coefficient (Wildman–Crippen LogP) is 1.10. The van der Waals surface area contributed by atoms with Gasteiger partial charge in [-0.2, -0.15) is 0 Å². The van der Waals surface area contributed by atoms with Crippen LogP contribution in [0.2, 0.25) is 0 Å². The van der Waals surface area contributed by atoms with Gasteiger partial charge >= 0.3 is 6.09 Å². The van der Waals surface area contributed by atoms with Gasteiger partial charge in [0.25, 0.3) is 5.91 Å². The molecule has 1 aliphatic rings. The van der Waals surface area contributed by atoms with E-state index in [2.05, 4.69) is 10.1 Å². The van der Waals surface area contributed by atoms with E-state index in [4.69, 9.17) is 0 Å². The molecule has 1 aromatic carbocycles. The zero-order valence-corrected chi connectivity index (χ0v) is 10.9. The average molecular weight is 282 g/mol. The van der Waals surface area contributed by atoms with Gasteiger partial charge in [0.05, 0.1) is 13.2 Å². The number of phenolic OH excluding ortho intramolecular Hbond substituents is 1. The number of amides is 2. The predicted molar refractivity (Wildman–Crippen MR) is 67.9 cm³/mol. The van der Waals surface area contributed by atoms with Crippen LogP contribution in [0.1, 0.15) is 16.8 Å². The summed E-state index contributed by atoms with van der Waals surface area (Å²) in [6.07, 6.45) is -0.0196. The van der Waals surface area contributed by atoms with Crippen LogP contribution in [0, 0.1) is 5.82 Å². The number of ether oxygens (including phenoxy) is 1. The summed E-state index contributed by atoms with van der Waals surface area (Å²) in [5, 5.41) is 12.2. The van der Waals surface area contributed by atoms with E-state index in [1.54, 1.807) is 0 Å². The zero-order chi connectivity index (χ0) is 14.7. The number of benzene rings is 1. The maximum Gasteiger partial charge on any atom is 0.407 e. The maximum absolute atomic E-state index is 13.6. The lowest BCUT2D eigenvalue weighted by Gasteiger charge is -2.17. The van der Waals surface area contributed by atoms with E-state index in [-0.39, 0.29) is 23.9 Å². The molecule has 2 rings (SSSR count). The zero-order valence-electron chi connectivity index (χ0n) is 10.9. The van der Waals surface area contributed by atoms with Crippen LogP contribution in [-0.4, -0.2) is 48.2 Å². The Morgan fingerprint density at radius 3 is 2.90 bits per heavy atom. The number of halogens is 1. The van der Waals surface area contributed by atoms with E-state index in [1.807, 2.05) is 0 Å². The fourth-order valence-electron chi connectivity index (χ4n) is 2.17. The molecule has 7 heteroatoms. The molecular formula is C13H15FN2O4. The number of likely N-dealkylation sites (tertiary alicyclic amines) is 1. The van der Waals surface area contributed by atoms with Gasteiger partial charge in [0.2, 0.25) is 0 Å². The second-order valence-electron chi connectivity index (χ2n) is 4.51. The van der Waals surface area contributed by atoms with E-state index in [1.165, 1.54) is 24.1 Å². The van der Waals surface area contributed by atoms with Crippen molar-refractivity contribution < 1.29 is 23.8 Å². The van der Waals surface area contributed by atoms with Gasteiger partial charge in [-0.25, -0.2) is 9.18 Å². The van der Waals surface area contributed by atoms with Crippen molar-refractivity contribution in [2.45, 2.75) is 12.5 Å². The number of nitrogens with one attached hydrogen (secondary N) is 1. The largest absolute Gasteiger partial charge is 0.507 e. The molecule has 0 bridgehead atoms. The van der Waals surface area contributed by atoms with Crippen LogP contribution in [-0.2, 0) is 4.74 Å². The van der Waals surface area contributed by atoms with Crippen LogP contribution in [0.5, 0.6) is 5.75 Å². The summed E-state index contributed by atoms with van der Waals surface area (Å²) in [5.41, 5.74) is -0.341. The highest BCUT2D eigenvalue weighted by Gasteiger charge is 2.30. The molecule has 1 unspecified atom stereocenters. The number of methoxy groups -OCH3 is 1. The highest BCUT2D eigenvalue weighted by molar-refractivity contribution is 5.97. The molecule has 0 aromatic heterocycles.